The first-order valence-corrected chi connectivity index (χ1v) is 6.66. The molecule has 0 spiro atoms. The topological polar surface area (TPSA) is 85.3 Å². The summed E-state index contributed by atoms with van der Waals surface area (Å²) in [6.07, 6.45) is 0. The second-order valence-electron chi connectivity index (χ2n) is 4.71. The minimum Gasteiger partial charge on any atom is -0.383 e. The minimum atomic E-state index is -0.487. The van der Waals surface area contributed by atoms with Gasteiger partial charge in [-0.3, -0.25) is 10.1 Å². The molecule has 0 fully saturated rings. The van der Waals surface area contributed by atoms with E-state index in [1.165, 1.54) is 12.1 Å². The summed E-state index contributed by atoms with van der Waals surface area (Å²) in [5.74, 6) is 0.554. The second-order valence-corrected chi connectivity index (χ2v) is 5.14. The molecule has 6 nitrogen and oxygen atoms in total. The number of nitrogens with zero attached hydrogens (tertiary/aromatic N) is 3. The third-order valence-electron chi connectivity index (χ3n) is 3.30. The smallest absolute Gasteiger partial charge is 0.276 e. The lowest BCUT2D eigenvalue weighted by atomic mass is 10.1. The van der Waals surface area contributed by atoms with Crippen LogP contribution in [0.4, 0.5) is 17.3 Å². The number of nitrogens with two attached hydrogens (primary N) is 1. The number of aromatic nitrogens is 1. The van der Waals surface area contributed by atoms with Gasteiger partial charge in [0.15, 0.2) is 0 Å². The molecule has 1 unspecified atom stereocenters. The predicted octanol–water partition coefficient (Wildman–Crippen LogP) is 3.42. The molecule has 7 heteroatoms. The Morgan fingerprint density at radius 2 is 2.10 bits per heavy atom. The number of rotatable bonds is 4. The minimum absolute atomic E-state index is 0.0578. The van der Waals surface area contributed by atoms with E-state index in [9.17, 15) is 10.1 Å². The van der Waals surface area contributed by atoms with Crippen molar-refractivity contribution >= 4 is 28.9 Å². The maximum absolute atomic E-state index is 10.9. The van der Waals surface area contributed by atoms with E-state index >= 15 is 0 Å². The number of hydrogen-bond donors (Lipinski definition) is 1. The summed E-state index contributed by atoms with van der Waals surface area (Å²) in [5, 5.41) is 11.5. The summed E-state index contributed by atoms with van der Waals surface area (Å²) >= 11 is 5.99. The Balaban J connectivity index is 2.35. The maximum Gasteiger partial charge on any atom is 0.276 e. The SMILES string of the molecule is CC(c1cccc(Cl)c1)N(C)c1cc([N+](=O)[O-])cc(N)n1. The standard InChI is InChI=1S/C14H15ClN4O2/c1-9(10-4-3-5-11(15)6-10)18(2)14-8-12(19(20)21)7-13(16)17-14/h3-9H,1-2H3,(H2,16,17). The lowest BCUT2D eigenvalue weighted by molar-refractivity contribution is -0.384. The molecule has 0 saturated heterocycles. The van der Waals surface area contributed by atoms with Crippen LogP contribution in [0.2, 0.25) is 5.02 Å². The van der Waals surface area contributed by atoms with Gasteiger partial charge in [0.05, 0.1) is 23.1 Å². The summed E-state index contributed by atoms with van der Waals surface area (Å²) in [6.45, 7) is 1.96. The Bertz CT molecular complexity index is 678. The summed E-state index contributed by atoms with van der Waals surface area (Å²) in [6, 6.07) is 10.0. The van der Waals surface area contributed by atoms with E-state index < -0.39 is 4.92 Å². The molecule has 0 aliphatic carbocycles. The van der Waals surface area contributed by atoms with Crippen LogP contribution in [0.1, 0.15) is 18.5 Å². The van der Waals surface area contributed by atoms with Gasteiger partial charge in [-0.05, 0) is 24.6 Å². The van der Waals surface area contributed by atoms with Crippen LogP contribution in [-0.4, -0.2) is 17.0 Å². The van der Waals surface area contributed by atoms with Crippen LogP contribution in [0.25, 0.3) is 0 Å². The molecule has 0 aliphatic heterocycles. The summed E-state index contributed by atoms with van der Waals surface area (Å²) in [4.78, 5) is 16.4. The number of nitro groups is 1. The van der Waals surface area contributed by atoms with E-state index in [1.54, 1.807) is 13.1 Å². The maximum atomic E-state index is 10.9. The van der Waals surface area contributed by atoms with Crippen molar-refractivity contribution in [1.29, 1.82) is 0 Å². The third-order valence-corrected chi connectivity index (χ3v) is 3.54. The van der Waals surface area contributed by atoms with Crippen molar-refractivity contribution in [3.63, 3.8) is 0 Å². The summed E-state index contributed by atoms with van der Waals surface area (Å²) < 4.78 is 0. The molecular formula is C14H15ClN4O2. The van der Waals surface area contributed by atoms with Gasteiger partial charge in [-0.2, -0.15) is 0 Å². The van der Waals surface area contributed by atoms with Crippen LogP contribution >= 0.6 is 11.6 Å². The highest BCUT2D eigenvalue weighted by molar-refractivity contribution is 6.30. The Morgan fingerprint density at radius 1 is 1.38 bits per heavy atom. The largest absolute Gasteiger partial charge is 0.383 e. The number of nitrogen functional groups attached to an aromatic ring is 1. The van der Waals surface area contributed by atoms with Gasteiger partial charge < -0.3 is 10.6 Å². The van der Waals surface area contributed by atoms with Crippen molar-refractivity contribution in [2.45, 2.75) is 13.0 Å². The Kier molecular flexibility index (Phi) is 4.28. The Hall–Kier alpha value is -2.34. The molecule has 1 heterocycles. The van der Waals surface area contributed by atoms with Gasteiger partial charge in [0.2, 0.25) is 0 Å². The highest BCUT2D eigenvalue weighted by Gasteiger charge is 2.17. The monoisotopic (exact) mass is 306 g/mol. The van der Waals surface area contributed by atoms with Crippen LogP contribution in [0, 0.1) is 10.1 Å². The van der Waals surface area contributed by atoms with E-state index in [2.05, 4.69) is 4.98 Å². The average Bonchev–Trinajstić information content (AvgIpc) is 2.45. The lowest BCUT2D eigenvalue weighted by Crippen LogP contribution is -2.23. The van der Waals surface area contributed by atoms with E-state index in [0.29, 0.717) is 10.8 Å². The molecule has 0 radical (unpaired) electrons. The lowest BCUT2D eigenvalue weighted by Gasteiger charge is -2.26. The molecule has 0 aliphatic rings. The van der Waals surface area contributed by atoms with E-state index in [4.69, 9.17) is 17.3 Å². The quantitative estimate of drug-likeness (QED) is 0.691. The zero-order chi connectivity index (χ0) is 15.6. The fourth-order valence-electron chi connectivity index (χ4n) is 2.00. The molecule has 0 saturated carbocycles. The molecule has 1 atom stereocenters. The normalized spacial score (nSPS) is 12.0. The van der Waals surface area contributed by atoms with Crippen LogP contribution in [0.5, 0.6) is 0 Å². The average molecular weight is 307 g/mol. The van der Waals surface area contributed by atoms with Gasteiger partial charge in [0.25, 0.3) is 5.69 Å². The fourth-order valence-corrected chi connectivity index (χ4v) is 2.20. The zero-order valence-electron chi connectivity index (χ0n) is 11.7. The first-order chi connectivity index (χ1) is 9.88. The van der Waals surface area contributed by atoms with Gasteiger partial charge >= 0.3 is 0 Å². The highest BCUT2D eigenvalue weighted by atomic mass is 35.5. The molecule has 2 rings (SSSR count). The first-order valence-electron chi connectivity index (χ1n) is 6.28. The van der Waals surface area contributed by atoms with E-state index in [-0.39, 0.29) is 17.5 Å². The first kappa shape index (κ1) is 15.1. The number of hydrogen-bond acceptors (Lipinski definition) is 5. The molecule has 110 valence electrons. The van der Waals surface area contributed by atoms with Gasteiger partial charge in [0.1, 0.15) is 11.6 Å². The van der Waals surface area contributed by atoms with Gasteiger partial charge in [-0.25, -0.2) is 4.98 Å². The zero-order valence-corrected chi connectivity index (χ0v) is 12.4. The fraction of sp³-hybridized carbons (Fsp3) is 0.214. The van der Waals surface area contributed by atoms with Crippen molar-refractivity contribution in [1.82, 2.24) is 4.98 Å². The number of halogens is 1. The molecule has 21 heavy (non-hydrogen) atoms. The molecule has 2 aromatic rings. The number of pyridine rings is 1. The number of anilines is 2. The third kappa shape index (κ3) is 3.41. The molecule has 0 bridgehead atoms. The summed E-state index contributed by atoms with van der Waals surface area (Å²) in [7, 11) is 1.80. The van der Waals surface area contributed by atoms with E-state index in [0.717, 1.165) is 5.56 Å². The highest BCUT2D eigenvalue weighted by Crippen LogP contribution is 2.28. The van der Waals surface area contributed by atoms with Crippen molar-refractivity contribution in [2.24, 2.45) is 0 Å². The molecule has 1 aromatic heterocycles. The van der Waals surface area contributed by atoms with Crippen molar-refractivity contribution < 1.29 is 4.92 Å². The Morgan fingerprint density at radius 3 is 2.71 bits per heavy atom. The van der Waals surface area contributed by atoms with Gasteiger partial charge in [-0.1, -0.05) is 23.7 Å². The summed E-state index contributed by atoms with van der Waals surface area (Å²) in [5.41, 5.74) is 6.54. The van der Waals surface area contributed by atoms with Crippen molar-refractivity contribution in [3.8, 4) is 0 Å². The molecule has 1 aromatic carbocycles. The Labute approximate surface area is 127 Å². The van der Waals surface area contributed by atoms with Crippen molar-refractivity contribution in [3.05, 3.63) is 57.1 Å². The van der Waals surface area contributed by atoms with Crippen LogP contribution in [0.3, 0.4) is 0 Å². The van der Waals surface area contributed by atoms with Crippen molar-refractivity contribution in [2.75, 3.05) is 17.7 Å². The number of benzene rings is 1. The van der Waals surface area contributed by atoms with Gasteiger partial charge in [-0.15, -0.1) is 0 Å². The van der Waals surface area contributed by atoms with Gasteiger partial charge in [0, 0.05) is 12.1 Å². The molecular weight excluding hydrogens is 292 g/mol. The second kappa shape index (κ2) is 5.97. The van der Waals surface area contributed by atoms with Crippen LogP contribution in [-0.2, 0) is 0 Å². The van der Waals surface area contributed by atoms with Crippen LogP contribution < -0.4 is 10.6 Å². The predicted molar refractivity (Wildman–Crippen MR) is 83.6 cm³/mol. The molecule has 2 N–H and O–H groups in total. The van der Waals surface area contributed by atoms with E-state index in [1.807, 2.05) is 30.0 Å². The van der Waals surface area contributed by atoms with Crippen LogP contribution in [0.15, 0.2) is 36.4 Å². The molecule has 0 amide bonds.